The van der Waals surface area contributed by atoms with Crippen molar-refractivity contribution in [3.8, 4) is 0 Å². The van der Waals surface area contributed by atoms with Crippen molar-refractivity contribution < 1.29 is 19.1 Å². The van der Waals surface area contributed by atoms with E-state index in [0.717, 1.165) is 0 Å². The SMILES string of the molecule is O=C(O)C(=O)c1c(Cl)ccc2occc12. The summed E-state index contributed by atoms with van der Waals surface area (Å²) in [6.45, 7) is 0. The maximum Gasteiger partial charge on any atom is 0.377 e. The Hall–Kier alpha value is -1.81. The Kier molecular flexibility index (Phi) is 2.21. The van der Waals surface area contributed by atoms with E-state index in [1.54, 1.807) is 6.07 Å². The first-order valence-electron chi connectivity index (χ1n) is 4.04. The van der Waals surface area contributed by atoms with Crippen LogP contribution in [0.4, 0.5) is 0 Å². The lowest BCUT2D eigenvalue weighted by Gasteiger charge is -2.00. The molecule has 0 aliphatic rings. The number of ketones is 1. The molecule has 0 spiro atoms. The molecule has 1 aromatic carbocycles. The van der Waals surface area contributed by atoms with Gasteiger partial charge in [0.1, 0.15) is 5.58 Å². The maximum absolute atomic E-state index is 11.4. The third-order valence-corrected chi connectivity index (χ3v) is 2.32. The van der Waals surface area contributed by atoms with Gasteiger partial charge in [-0.2, -0.15) is 0 Å². The van der Waals surface area contributed by atoms with Gasteiger partial charge in [-0.3, -0.25) is 4.79 Å². The summed E-state index contributed by atoms with van der Waals surface area (Å²) in [4.78, 5) is 21.9. The number of halogens is 1. The molecular weight excluding hydrogens is 220 g/mol. The highest BCUT2D eigenvalue weighted by Gasteiger charge is 2.21. The number of hydrogen-bond acceptors (Lipinski definition) is 3. The molecule has 1 aromatic heterocycles. The fraction of sp³-hybridized carbons (Fsp3) is 0. The van der Waals surface area contributed by atoms with Crippen LogP contribution in [0.3, 0.4) is 0 Å². The Balaban J connectivity index is 2.77. The van der Waals surface area contributed by atoms with Crippen molar-refractivity contribution in [2.24, 2.45) is 0 Å². The van der Waals surface area contributed by atoms with Gasteiger partial charge in [-0.05, 0) is 18.2 Å². The maximum atomic E-state index is 11.4. The number of fused-ring (bicyclic) bond motifs is 1. The van der Waals surface area contributed by atoms with Crippen LogP contribution in [0.1, 0.15) is 10.4 Å². The van der Waals surface area contributed by atoms with E-state index in [4.69, 9.17) is 21.1 Å². The zero-order valence-electron chi connectivity index (χ0n) is 7.36. The van der Waals surface area contributed by atoms with Crippen molar-refractivity contribution in [2.75, 3.05) is 0 Å². The molecule has 0 fully saturated rings. The fourth-order valence-corrected chi connectivity index (χ4v) is 1.61. The highest BCUT2D eigenvalue weighted by molar-refractivity contribution is 6.47. The minimum absolute atomic E-state index is 0.0320. The minimum atomic E-state index is -1.54. The molecule has 0 aliphatic carbocycles. The molecule has 4 nitrogen and oxygen atoms in total. The van der Waals surface area contributed by atoms with Gasteiger partial charge in [0.25, 0.3) is 5.78 Å². The first-order valence-corrected chi connectivity index (χ1v) is 4.42. The quantitative estimate of drug-likeness (QED) is 0.628. The van der Waals surface area contributed by atoms with E-state index < -0.39 is 11.8 Å². The molecule has 0 saturated carbocycles. The minimum Gasteiger partial charge on any atom is -0.475 e. The van der Waals surface area contributed by atoms with E-state index in [0.29, 0.717) is 11.0 Å². The summed E-state index contributed by atoms with van der Waals surface area (Å²) >= 11 is 5.77. The van der Waals surface area contributed by atoms with Crippen LogP contribution < -0.4 is 0 Å². The Morgan fingerprint density at radius 3 is 2.67 bits per heavy atom. The van der Waals surface area contributed by atoms with Crippen molar-refractivity contribution in [3.05, 3.63) is 35.0 Å². The molecule has 0 saturated heterocycles. The lowest BCUT2D eigenvalue weighted by atomic mass is 10.1. The van der Waals surface area contributed by atoms with E-state index in [-0.39, 0.29) is 10.6 Å². The van der Waals surface area contributed by atoms with Gasteiger partial charge >= 0.3 is 5.97 Å². The van der Waals surface area contributed by atoms with Crippen LogP contribution in [0.15, 0.2) is 28.9 Å². The van der Waals surface area contributed by atoms with Crippen LogP contribution in [-0.4, -0.2) is 16.9 Å². The number of hydrogen-bond donors (Lipinski definition) is 1. The molecule has 76 valence electrons. The first kappa shape index (κ1) is 9.73. The number of rotatable bonds is 2. The molecule has 5 heteroatoms. The molecule has 1 heterocycles. The molecule has 0 atom stereocenters. The van der Waals surface area contributed by atoms with Crippen LogP contribution in [-0.2, 0) is 4.79 Å². The molecule has 0 unspecified atom stereocenters. The summed E-state index contributed by atoms with van der Waals surface area (Å²) in [6.07, 6.45) is 1.37. The third-order valence-electron chi connectivity index (χ3n) is 2.01. The molecule has 15 heavy (non-hydrogen) atoms. The van der Waals surface area contributed by atoms with Gasteiger partial charge in [0.2, 0.25) is 0 Å². The normalized spacial score (nSPS) is 10.5. The van der Waals surface area contributed by atoms with E-state index >= 15 is 0 Å². The van der Waals surface area contributed by atoms with Crippen LogP contribution in [0.2, 0.25) is 5.02 Å². The summed E-state index contributed by atoms with van der Waals surface area (Å²) in [5, 5.41) is 9.14. The fourth-order valence-electron chi connectivity index (χ4n) is 1.36. The van der Waals surface area contributed by atoms with E-state index in [1.165, 1.54) is 18.4 Å². The summed E-state index contributed by atoms with van der Waals surface area (Å²) in [7, 11) is 0. The molecule has 1 N–H and O–H groups in total. The Bertz CT molecular complexity index is 556. The monoisotopic (exact) mass is 224 g/mol. The number of furan rings is 1. The predicted molar refractivity (Wildman–Crippen MR) is 53.2 cm³/mol. The molecule has 0 radical (unpaired) electrons. The van der Waals surface area contributed by atoms with Crippen molar-refractivity contribution in [1.29, 1.82) is 0 Å². The third kappa shape index (κ3) is 1.49. The average molecular weight is 225 g/mol. The van der Waals surface area contributed by atoms with E-state index in [1.807, 2.05) is 0 Å². The number of Topliss-reactive ketones (excluding diaryl/α,β-unsaturated/α-hetero) is 1. The lowest BCUT2D eigenvalue weighted by Crippen LogP contribution is -2.13. The van der Waals surface area contributed by atoms with Crippen LogP contribution in [0.25, 0.3) is 11.0 Å². The van der Waals surface area contributed by atoms with Crippen LogP contribution in [0, 0.1) is 0 Å². The predicted octanol–water partition coefficient (Wildman–Crippen LogP) is 2.35. The summed E-state index contributed by atoms with van der Waals surface area (Å²) < 4.78 is 5.04. The highest BCUT2D eigenvalue weighted by Crippen LogP contribution is 2.27. The zero-order chi connectivity index (χ0) is 11.0. The molecular formula is C10H5ClO4. The van der Waals surface area contributed by atoms with Crippen molar-refractivity contribution in [3.63, 3.8) is 0 Å². The smallest absolute Gasteiger partial charge is 0.377 e. The van der Waals surface area contributed by atoms with Gasteiger partial charge in [0.15, 0.2) is 0 Å². The largest absolute Gasteiger partial charge is 0.475 e. The van der Waals surface area contributed by atoms with Gasteiger partial charge in [-0.1, -0.05) is 11.6 Å². The van der Waals surface area contributed by atoms with Crippen LogP contribution >= 0.6 is 11.6 Å². The first-order chi connectivity index (χ1) is 7.11. The number of carboxylic acids is 1. The second kappa shape index (κ2) is 3.40. The summed E-state index contributed by atoms with van der Waals surface area (Å²) in [5.41, 5.74) is 0.402. The van der Waals surface area contributed by atoms with Gasteiger partial charge in [0.05, 0.1) is 16.8 Å². The zero-order valence-corrected chi connectivity index (χ0v) is 8.12. The Morgan fingerprint density at radius 2 is 2.00 bits per heavy atom. The second-order valence-electron chi connectivity index (χ2n) is 2.89. The molecule has 0 aliphatic heterocycles. The Morgan fingerprint density at radius 1 is 1.27 bits per heavy atom. The topological polar surface area (TPSA) is 67.5 Å². The van der Waals surface area contributed by atoms with E-state index in [9.17, 15) is 9.59 Å². The number of carbonyl (C=O) groups excluding carboxylic acids is 1. The van der Waals surface area contributed by atoms with Gasteiger partial charge in [-0.15, -0.1) is 0 Å². The molecule has 2 aromatic rings. The highest BCUT2D eigenvalue weighted by atomic mass is 35.5. The van der Waals surface area contributed by atoms with Gasteiger partial charge in [-0.25, -0.2) is 4.79 Å². The van der Waals surface area contributed by atoms with Crippen molar-refractivity contribution in [2.45, 2.75) is 0 Å². The number of carboxylic acid groups (broad SMARTS) is 1. The van der Waals surface area contributed by atoms with Crippen molar-refractivity contribution in [1.82, 2.24) is 0 Å². The van der Waals surface area contributed by atoms with Gasteiger partial charge in [0, 0.05) is 5.39 Å². The van der Waals surface area contributed by atoms with Crippen LogP contribution in [0.5, 0.6) is 0 Å². The number of aliphatic carboxylic acids is 1. The lowest BCUT2D eigenvalue weighted by molar-refractivity contribution is -0.131. The average Bonchev–Trinajstić information content (AvgIpc) is 2.64. The standard InChI is InChI=1S/C10H5ClO4/c11-6-1-2-7-5(3-4-15-7)8(6)9(12)10(13)14/h1-4H,(H,13,14). The summed E-state index contributed by atoms with van der Waals surface area (Å²) in [6, 6.07) is 4.53. The Labute approximate surface area is 89.1 Å². The molecule has 0 amide bonds. The number of carbonyl (C=O) groups is 2. The summed E-state index contributed by atoms with van der Waals surface area (Å²) in [5.74, 6) is -2.57. The van der Waals surface area contributed by atoms with E-state index in [2.05, 4.69) is 0 Å². The number of benzene rings is 1. The van der Waals surface area contributed by atoms with Crippen molar-refractivity contribution >= 4 is 34.3 Å². The molecule has 2 rings (SSSR count). The second-order valence-corrected chi connectivity index (χ2v) is 3.30. The molecule has 0 bridgehead atoms. The van der Waals surface area contributed by atoms with Gasteiger partial charge < -0.3 is 9.52 Å².